The number of carbonyl (C=O) groups excluding carboxylic acids is 1. The maximum Gasteiger partial charge on any atom is 0.230 e. The Hall–Kier alpha value is -1.87. The van der Waals surface area contributed by atoms with Crippen LogP contribution in [0, 0.1) is 11.3 Å². The van der Waals surface area contributed by atoms with Crippen molar-refractivity contribution < 1.29 is 14.3 Å². The van der Waals surface area contributed by atoms with E-state index >= 15 is 0 Å². The lowest BCUT2D eigenvalue weighted by Gasteiger charge is -2.10. The number of hydrogen-bond donors (Lipinski definition) is 1. The van der Waals surface area contributed by atoms with Crippen molar-refractivity contribution in [1.29, 1.82) is 5.26 Å². The van der Waals surface area contributed by atoms with Crippen molar-refractivity contribution in [3.8, 4) is 17.6 Å². The standard InChI is InChI=1S/C14H18N2O3S/c1-18-12-4-3-11(9-13(12)19-2)5-7-16-14(17)10-20-8-6-15/h3-4,9H,5,7-8,10H2,1-2H3,(H,16,17). The van der Waals surface area contributed by atoms with E-state index in [1.165, 1.54) is 11.8 Å². The monoisotopic (exact) mass is 294 g/mol. The molecule has 0 aromatic heterocycles. The quantitative estimate of drug-likeness (QED) is 0.738. The van der Waals surface area contributed by atoms with E-state index in [2.05, 4.69) is 5.32 Å². The average Bonchev–Trinajstić information content (AvgIpc) is 2.47. The summed E-state index contributed by atoms with van der Waals surface area (Å²) in [5.41, 5.74) is 1.06. The Kier molecular flexibility index (Phi) is 7.36. The van der Waals surface area contributed by atoms with Gasteiger partial charge in [-0.2, -0.15) is 5.26 Å². The summed E-state index contributed by atoms with van der Waals surface area (Å²) in [5.74, 6) is 1.97. The molecule has 5 nitrogen and oxygen atoms in total. The van der Waals surface area contributed by atoms with Crippen LogP contribution in [0.15, 0.2) is 18.2 Å². The first-order valence-corrected chi connectivity index (χ1v) is 7.29. The first kappa shape index (κ1) is 16.2. The molecule has 0 spiro atoms. The number of methoxy groups -OCH3 is 2. The van der Waals surface area contributed by atoms with Gasteiger partial charge in [0.05, 0.1) is 31.8 Å². The lowest BCUT2D eigenvalue weighted by Crippen LogP contribution is -2.27. The van der Waals surface area contributed by atoms with Crippen LogP contribution in [0.25, 0.3) is 0 Å². The second-order valence-corrected chi connectivity index (χ2v) is 4.93. The van der Waals surface area contributed by atoms with Gasteiger partial charge in [-0.05, 0) is 24.1 Å². The number of hydrogen-bond acceptors (Lipinski definition) is 5. The number of benzene rings is 1. The minimum Gasteiger partial charge on any atom is -0.493 e. The fourth-order valence-corrected chi connectivity index (χ4v) is 2.10. The minimum absolute atomic E-state index is 0.0503. The summed E-state index contributed by atoms with van der Waals surface area (Å²) in [7, 11) is 3.19. The molecule has 0 aliphatic carbocycles. The van der Waals surface area contributed by atoms with E-state index < -0.39 is 0 Å². The predicted molar refractivity (Wildman–Crippen MR) is 79.2 cm³/mol. The number of amides is 1. The molecule has 20 heavy (non-hydrogen) atoms. The maximum absolute atomic E-state index is 11.4. The summed E-state index contributed by atoms with van der Waals surface area (Å²) >= 11 is 1.31. The molecule has 0 saturated carbocycles. The smallest absolute Gasteiger partial charge is 0.230 e. The van der Waals surface area contributed by atoms with Crippen molar-refractivity contribution in [3.05, 3.63) is 23.8 Å². The van der Waals surface area contributed by atoms with E-state index in [9.17, 15) is 4.79 Å². The van der Waals surface area contributed by atoms with Gasteiger partial charge in [0.25, 0.3) is 0 Å². The molecule has 0 unspecified atom stereocenters. The van der Waals surface area contributed by atoms with Crippen LogP contribution in [0.3, 0.4) is 0 Å². The topological polar surface area (TPSA) is 71.3 Å². The molecule has 108 valence electrons. The Bertz CT molecular complexity index is 486. The third-order valence-corrected chi connectivity index (χ3v) is 3.38. The molecule has 0 fully saturated rings. The molecule has 1 rings (SSSR count). The van der Waals surface area contributed by atoms with E-state index in [0.29, 0.717) is 29.5 Å². The number of carbonyl (C=O) groups is 1. The second-order valence-electron chi connectivity index (χ2n) is 3.94. The van der Waals surface area contributed by atoms with Crippen molar-refractivity contribution in [2.75, 3.05) is 32.3 Å². The van der Waals surface area contributed by atoms with Crippen molar-refractivity contribution >= 4 is 17.7 Å². The van der Waals surface area contributed by atoms with Gasteiger partial charge in [-0.1, -0.05) is 6.07 Å². The Balaban J connectivity index is 2.39. The highest BCUT2D eigenvalue weighted by Crippen LogP contribution is 2.27. The Morgan fingerprint density at radius 2 is 2.10 bits per heavy atom. The minimum atomic E-state index is -0.0503. The zero-order chi connectivity index (χ0) is 14.8. The van der Waals surface area contributed by atoms with Crippen LogP contribution in [0.2, 0.25) is 0 Å². The van der Waals surface area contributed by atoms with E-state index in [0.717, 1.165) is 12.0 Å². The van der Waals surface area contributed by atoms with Crippen molar-refractivity contribution in [3.63, 3.8) is 0 Å². The molecular formula is C14H18N2O3S. The van der Waals surface area contributed by atoms with Gasteiger partial charge in [0.2, 0.25) is 5.91 Å². The highest BCUT2D eigenvalue weighted by molar-refractivity contribution is 8.00. The summed E-state index contributed by atoms with van der Waals surface area (Å²) in [6.07, 6.45) is 0.717. The lowest BCUT2D eigenvalue weighted by atomic mass is 10.1. The summed E-state index contributed by atoms with van der Waals surface area (Å²) < 4.78 is 10.4. The van der Waals surface area contributed by atoms with Crippen molar-refractivity contribution in [1.82, 2.24) is 5.32 Å². The number of nitrogens with one attached hydrogen (secondary N) is 1. The Labute approximate surface area is 123 Å². The fraction of sp³-hybridized carbons (Fsp3) is 0.429. The van der Waals surface area contributed by atoms with Gasteiger partial charge in [-0.15, -0.1) is 11.8 Å². The lowest BCUT2D eigenvalue weighted by molar-refractivity contribution is -0.118. The van der Waals surface area contributed by atoms with Crippen LogP contribution in [0.4, 0.5) is 0 Å². The first-order chi connectivity index (χ1) is 9.71. The molecular weight excluding hydrogens is 276 g/mol. The number of nitriles is 1. The largest absolute Gasteiger partial charge is 0.493 e. The molecule has 1 aromatic rings. The van der Waals surface area contributed by atoms with Crippen molar-refractivity contribution in [2.24, 2.45) is 0 Å². The Morgan fingerprint density at radius 3 is 2.75 bits per heavy atom. The summed E-state index contributed by atoms with van der Waals surface area (Å²) in [6, 6.07) is 7.67. The SMILES string of the molecule is COc1ccc(CCNC(=O)CSCC#N)cc1OC. The van der Waals surface area contributed by atoms with E-state index in [1.807, 2.05) is 24.3 Å². The number of ether oxygens (including phenoxy) is 2. The van der Waals surface area contributed by atoms with Gasteiger partial charge in [-0.25, -0.2) is 0 Å². The molecule has 0 aliphatic heterocycles. The molecule has 0 aliphatic rings. The molecule has 0 saturated heterocycles. The maximum atomic E-state index is 11.4. The van der Waals surface area contributed by atoms with Gasteiger partial charge in [-0.3, -0.25) is 4.79 Å². The third-order valence-electron chi connectivity index (χ3n) is 2.58. The van der Waals surface area contributed by atoms with Crippen LogP contribution >= 0.6 is 11.8 Å². The van der Waals surface area contributed by atoms with E-state index in [1.54, 1.807) is 14.2 Å². The first-order valence-electron chi connectivity index (χ1n) is 6.13. The molecule has 0 heterocycles. The average molecular weight is 294 g/mol. The van der Waals surface area contributed by atoms with Crippen LogP contribution < -0.4 is 14.8 Å². The van der Waals surface area contributed by atoms with Gasteiger partial charge in [0.15, 0.2) is 11.5 Å². The molecule has 0 bridgehead atoms. The van der Waals surface area contributed by atoms with Crippen LogP contribution in [0.1, 0.15) is 5.56 Å². The summed E-state index contributed by atoms with van der Waals surface area (Å²) in [5, 5.41) is 11.2. The molecule has 1 amide bonds. The zero-order valence-corrected chi connectivity index (χ0v) is 12.5. The zero-order valence-electron chi connectivity index (χ0n) is 11.6. The van der Waals surface area contributed by atoms with E-state index in [4.69, 9.17) is 14.7 Å². The van der Waals surface area contributed by atoms with Gasteiger partial charge in [0.1, 0.15) is 0 Å². The third kappa shape index (κ3) is 5.41. The molecule has 1 aromatic carbocycles. The van der Waals surface area contributed by atoms with Gasteiger partial charge < -0.3 is 14.8 Å². The summed E-state index contributed by atoms with van der Waals surface area (Å²) in [6.45, 7) is 0.557. The molecule has 0 atom stereocenters. The number of rotatable bonds is 8. The van der Waals surface area contributed by atoms with Crippen LogP contribution in [-0.2, 0) is 11.2 Å². The second kappa shape index (κ2) is 9.10. The molecule has 6 heteroatoms. The Morgan fingerprint density at radius 1 is 1.35 bits per heavy atom. The molecule has 1 N–H and O–H groups in total. The number of nitrogens with zero attached hydrogens (tertiary/aromatic N) is 1. The van der Waals surface area contributed by atoms with Crippen molar-refractivity contribution in [2.45, 2.75) is 6.42 Å². The van der Waals surface area contributed by atoms with Gasteiger partial charge in [0, 0.05) is 6.54 Å². The highest BCUT2D eigenvalue weighted by atomic mass is 32.2. The highest BCUT2D eigenvalue weighted by Gasteiger charge is 2.05. The van der Waals surface area contributed by atoms with Crippen LogP contribution in [-0.4, -0.2) is 38.2 Å². The van der Waals surface area contributed by atoms with E-state index in [-0.39, 0.29) is 5.91 Å². The summed E-state index contributed by atoms with van der Waals surface area (Å²) in [4.78, 5) is 11.4. The van der Waals surface area contributed by atoms with Gasteiger partial charge >= 0.3 is 0 Å². The number of thioether (sulfide) groups is 1. The predicted octanol–water partition coefficient (Wildman–Crippen LogP) is 1.62. The fourth-order valence-electron chi connectivity index (χ4n) is 1.62. The molecule has 0 radical (unpaired) electrons. The normalized spacial score (nSPS) is 9.65. The van der Waals surface area contributed by atoms with Crippen LogP contribution in [0.5, 0.6) is 11.5 Å².